The molecule has 0 aromatic heterocycles. The van der Waals surface area contributed by atoms with E-state index >= 15 is 0 Å². The van der Waals surface area contributed by atoms with Crippen molar-refractivity contribution in [3.8, 4) is 0 Å². The number of rotatable bonds is 3. The third-order valence-corrected chi connectivity index (χ3v) is 4.81. The van der Waals surface area contributed by atoms with Gasteiger partial charge in [-0.15, -0.1) is 0 Å². The zero-order valence-electron chi connectivity index (χ0n) is 11.8. The molecule has 0 saturated heterocycles. The molecule has 0 fully saturated rings. The molecule has 3 heteroatoms. The Bertz CT molecular complexity index is 653. The van der Waals surface area contributed by atoms with Gasteiger partial charge in [-0.3, -0.25) is 4.79 Å². The number of benzene rings is 2. The first-order chi connectivity index (χ1) is 10.3. The summed E-state index contributed by atoms with van der Waals surface area (Å²) >= 11 is 3.43. The van der Waals surface area contributed by atoms with Gasteiger partial charge in [0, 0.05) is 16.9 Å². The highest BCUT2D eigenvalue weighted by molar-refractivity contribution is 9.10. The van der Waals surface area contributed by atoms with Gasteiger partial charge in [0.25, 0.3) is 5.91 Å². The summed E-state index contributed by atoms with van der Waals surface area (Å²) in [6.07, 6.45) is 3.50. The van der Waals surface area contributed by atoms with Crippen molar-refractivity contribution < 1.29 is 4.79 Å². The first-order valence-corrected chi connectivity index (χ1v) is 8.15. The number of amides is 1. The van der Waals surface area contributed by atoms with Crippen LogP contribution in [0, 0.1) is 0 Å². The molecule has 2 nitrogen and oxygen atoms in total. The average Bonchev–Trinajstić information content (AvgIpc) is 2.53. The quantitative estimate of drug-likeness (QED) is 0.884. The largest absolute Gasteiger partial charge is 0.351 e. The summed E-state index contributed by atoms with van der Waals surface area (Å²) in [5.41, 5.74) is 3.53. The summed E-state index contributed by atoms with van der Waals surface area (Å²) in [7, 11) is 0. The van der Waals surface area contributed by atoms with Crippen molar-refractivity contribution in [1.82, 2.24) is 5.32 Å². The van der Waals surface area contributed by atoms with Crippen molar-refractivity contribution in [1.29, 1.82) is 0 Å². The van der Waals surface area contributed by atoms with E-state index in [1.807, 2.05) is 24.3 Å². The Hall–Kier alpha value is -1.61. The summed E-state index contributed by atoms with van der Waals surface area (Å²) in [5, 5.41) is 3.08. The van der Waals surface area contributed by atoms with Crippen molar-refractivity contribution in [3.63, 3.8) is 0 Å². The topological polar surface area (TPSA) is 29.1 Å². The number of carbonyl (C=O) groups is 1. The number of hydrogen-bond acceptors (Lipinski definition) is 1. The predicted octanol–water partition coefficient (Wildman–Crippen LogP) is 4.30. The predicted molar refractivity (Wildman–Crippen MR) is 88.6 cm³/mol. The molecule has 0 aliphatic heterocycles. The zero-order valence-corrected chi connectivity index (χ0v) is 13.4. The van der Waals surface area contributed by atoms with Crippen LogP contribution in [0.25, 0.3) is 0 Å². The van der Waals surface area contributed by atoms with Gasteiger partial charge in [-0.05, 0) is 58.5 Å². The molecular weight excluding hydrogens is 326 g/mol. The number of hydrogen-bond donors (Lipinski definition) is 1. The molecule has 1 unspecified atom stereocenters. The Kier molecular flexibility index (Phi) is 4.39. The molecule has 1 N–H and O–H groups in total. The Morgan fingerprint density at radius 1 is 1.14 bits per heavy atom. The molecule has 0 bridgehead atoms. The third-order valence-electron chi connectivity index (χ3n) is 4.12. The van der Waals surface area contributed by atoms with Crippen LogP contribution >= 0.6 is 15.9 Å². The van der Waals surface area contributed by atoms with E-state index in [-0.39, 0.29) is 5.91 Å². The van der Waals surface area contributed by atoms with E-state index in [0.29, 0.717) is 18.0 Å². The van der Waals surface area contributed by atoms with Crippen LogP contribution in [0.15, 0.2) is 53.0 Å². The first kappa shape index (κ1) is 14.3. The Morgan fingerprint density at radius 3 is 2.76 bits per heavy atom. The minimum Gasteiger partial charge on any atom is -0.351 e. The van der Waals surface area contributed by atoms with E-state index in [4.69, 9.17) is 0 Å². The van der Waals surface area contributed by atoms with Crippen LogP contribution < -0.4 is 5.32 Å². The third kappa shape index (κ3) is 3.18. The second-order valence-corrected chi connectivity index (χ2v) is 6.33. The standard InChI is InChI=1S/C18H18BrNO/c19-17-11-4-3-10-16(17)18(21)20-12-14-8-5-7-13-6-1-2-9-15(13)14/h1-4,6,9-11,14H,5,7-8,12H2,(H,20,21). The van der Waals surface area contributed by atoms with Crippen molar-refractivity contribution in [2.45, 2.75) is 25.2 Å². The Labute approximate surface area is 133 Å². The van der Waals surface area contributed by atoms with Crippen molar-refractivity contribution in [2.24, 2.45) is 0 Å². The van der Waals surface area contributed by atoms with Gasteiger partial charge in [0.1, 0.15) is 0 Å². The molecule has 0 spiro atoms. The van der Waals surface area contributed by atoms with Crippen molar-refractivity contribution in [2.75, 3.05) is 6.54 Å². The maximum Gasteiger partial charge on any atom is 0.252 e. The van der Waals surface area contributed by atoms with Crippen molar-refractivity contribution in [3.05, 3.63) is 69.7 Å². The number of halogens is 1. The van der Waals surface area contributed by atoms with E-state index < -0.39 is 0 Å². The van der Waals surface area contributed by atoms with E-state index in [0.717, 1.165) is 17.3 Å². The van der Waals surface area contributed by atoms with Crippen LogP contribution in [-0.2, 0) is 6.42 Å². The maximum atomic E-state index is 12.3. The number of aryl methyl sites for hydroxylation is 1. The van der Waals surface area contributed by atoms with Crippen LogP contribution in [0.4, 0.5) is 0 Å². The summed E-state index contributed by atoms with van der Waals surface area (Å²) in [6, 6.07) is 16.1. The summed E-state index contributed by atoms with van der Waals surface area (Å²) in [4.78, 5) is 12.3. The molecule has 1 atom stereocenters. The molecule has 0 saturated carbocycles. The lowest BCUT2D eigenvalue weighted by Gasteiger charge is -2.25. The minimum absolute atomic E-state index is 0.00877. The number of carbonyl (C=O) groups excluding carboxylic acids is 1. The molecule has 1 amide bonds. The molecular formula is C18H18BrNO. The Morgan fingerprint density at radius 2 is 1.90 bits per heavy atom. The van der Waals surface area contributed by atoms with E-state index in [1.165, 1.54) is 17.5 Å². The highest BCUT2D eigenvalue weighted by Gasteiger charge is 2.20. The van der Waals surface area contributed by atoms with Crippen LogP contribution in [-0.4, -0.2) is 12.5 Å². The van der Waals surface area contributed by atoms with Gasteiger partial charge < -0.3 is 5.32 Å². The van der Waals surface area contributed by atoms with Crippen LogP contribution in [0.2, 0.25) is 0 Å². The fourth-order valence-corrected chi connectivity index (χ4v) is 3.49. The van der Waals surface area contributed by atoms with Gasteiger partial charge in [-0.25, -0.2) is 0 Å². The van der Waals surface area contributed by atoms with Gasteiger partial charge in [0.15, 0.2) is 0 Å². The highest BCUT2D eigenvalue weighted by atomic mass is 79.9. The maximum absolute atomic E-state index is 12.3. The summed E-state index contributed by atoms with van der Waals surface area (Å²) < 4.78 is 0.839. The van der Waals surface area contributed by atoms with E-state index in [9.17, 15) is 4.79 Å². The molecule has 0 radical (unpaired) electrons. The SMILES string of the molecule is O=C(NCC1CCCc2ccccc21)c1ccccc1Br. The molecule has 0 heterocycles. The van der Waals surface area contributed by atoms with E-state index in [1.54, 1.807) is 0 Å². The van der Waals surface area contributed by atoms with Crippen LogP contribution in [0.1, 0.15) is 40.2 Å². The van der Waals surface area contributed by atoms with Gasteiger partial charge >= 0.3 is 0 Å². The van der Waals surface area contributed by atoms with Crippen LogP contribution in [0.3, 0.4) is 0 Å². The number of nitrogens with one attached hydrogen (secondary N) is 1. The van der Waals surface area contributed by atoms with Gasteiger partial charge in [-0.2, -0.15) is 0 Å². The number of fused-ring (bicyclic) bond motifs is 1. The second kappa shape index (κ2) is 6.44. The normalized spacial score (nSPS) is 17.1. The smallest absolute Gasteiger partial charge is 0.252 e. The highest BCUT2D eigenvalue weighted by Crippen LogP contribution is 2.30. The molecule has 3 rings (SSSR count). The molecule has 1 aliphatic carbocycles. The lowest BCUT2D eigenvalue weighted by atomic mass is 9.83. The van der Waals surface area contributed by atoms with Gasteiger partial charge in [0.05, 0.1) is 5.56 Å². The summed E-state index contributed by atoms with van der Waals surface area (Å²) in [5.74, 6) is 0.423. The molecule has 21 heavy (non-hydrogen) atoms. The monoisotopic (exact) mass is 343 g/mol. The molecule has 108 valence electrons. The Balaban J connectivity index is 1.69. The fourth-order valence-electron chi connectivity index (χ4n) is 3.02. The molecule has 2 aromatic carbocycles. The van der Waals surface area contributed by atoms with Crippen LogP contribution in [0.5, 0.6) is 0 Å². The minimum atomic E-state index is -0.00877. The lowest BCUT2D eigenvalue weighted by molar-refractivity contribution is 0.0949. The lowest BCUT2D eigenvalue weighted by Crippen LogP contribution is -2.30. The zero-order chi connectivity index (χ0) is 14.7. The van der Waals surface area contributed by atoms with E-state index in [2.05, 4.69) is 45.5 Å². The van der Waals surface area contributed by atoms with Gasteiger partial charge in [0.2, 0.25) is 0 Å². The molecule has 2 aromatic rings. The average molecular weight is 344 g/mol. The van der Waals surface area contributed by atoms with Crippen molar-refractivity contribution >= 4 is 21.8 Å². The fraction of sp³-hybridized carbons (Fsp3) is 0.278. The first-order valence-electron chi connectivity index (χ1n) is 7.36. The second-order valence-electron chi connectivity index (χ2n) is 5.48. The van der Waals surface area contributed by atoms with Gasteiger partial charge in [-0.1, -0.05) is 36.4 Å². The summed E-state index contributed by atoms with van der Waals surface area (Å²) in [6.45, 7) is 0.706. The molecule has 1 aliphatic rings.